The third-order valence-electron chi connectivity index (χ3n) is 3.16. The quantitative estimate of drug-likeness (QED) is 0.799. The third-order valence-corrected chi connectivity index (χ3v) is 6.54. The molecule has 118 valence electrons. The van der Waals surface area contributed by atoms with Gasteiger partial charge >= 0.3 is 5.97 Å². The van der Waals surface area contributed by atoms with E-state index in [1.54, 1.807) is 32.9 Å². The molecule has 0 aromatic carbocycles. The van der Waals surface area contributed by atoms with E-state index in [1.807, 2.05) is 6.92 Å². The van der Waals surface area contributed by atoms with Gasteiger partial charge in [-0.15, -0.1) is 11.3 Å². The first-order valence-electron chi connectivity index (χ1n) is 6.92. The number of hydrogen-bond acceptors (Lipinski definition) is 5. The molecule has 1 aliphatic rings. The molecule has 0 N–H and O–H groups in total. The Morgan fingerprint density at radius 2 is 2.05 bits per heavy atom. The number of hydrogen-bond donors (Lipinski definition) is 0. The molecule has 1 aliphatic heterocycles. The first kappa shape index (κ1) is 16.5. The number of carbonyl (C=O) groups is 1. The normalized spacial score (nSPS) is 20.7. The summed E-state index contributed by atoms with van der Waals surface area (Å²) in [5, 5.41) is 0. The van der Waals surface area contributed by atoms with Gasteiger partial charge in [-0.1, -0.05) is 0 Å². The van der Waals surface area contributed by atoms with Crippen LogP contribution >= 0.6 is 11.3 Å². The molecule has 0 saturated carbocycles. The number of nitrogens with zero attached hydrogens (tertiary/aromatic N) is 1. The molecule has 21 heavy (non-hydrogen) atoms. The summed E-state index contributed by atoms with van der Waals surface area (Å²) in [4.78, 5) is 13.2. The summed E-state index contributed by atoms with van der Waals surface area (Å²) in [6.07, 6.45) is 1.19. The molecule has 0 amide bonds. The maximum absolute atomic E-state index is 12.7. The van der Waals surface area contributed by atoms with Gasteiger partial charge in [0.25, 0.3) is 10.0 Å². The van der Waals surface area contributed by atoms with Gasteiger partial charge in [0.15, 0.2) is 0 Å². The molecule has 1 saturated heterocycles. The highest BCUT2D eigenvalue weighted by Crippen LogP contribution is 2.31. The highest BCUT2D eigenvalue weighted by Gasteiger charge is 2.41. The molecule has 2 rings (SSSR count). The topological polar surface area (TPSA) is 63.7 Å². The van der Waals surface area contributed by atoms with E-state index < -0.39 is 27.6 Å². The molecule has 2 heterocycles. The molecular weight excluding hydrogens is 310 g/mol. The van der Waals surface area contributed by atoms with E-state index in [0.717, 1.165) is 4.88 Å². The van der Waals surface area contributed by atoms with Crippen LogP contribution in [0.5, 0.6) is 0 Å². The van der Waals surface area contributed by atoms with Gasteiger partial charge in [-0.05, 0) is 52.7 Å². The Balaban J connectivity index is 2.24. The van der Waals surface area contributed by atoms with Crippen molar-refractivity contribution >= 4 is 27.3 Å². The Kier molecular flexibility index (Phi) is 4.46. The van der Waals surface area contributed by atoms with Crippen molar-refractivity contribution in [1.29, 1.82) is 0 Å². The summed E-state index contributed by atoms with van der Waals surface area (Å²) in [7, 11) is -3.62. The van der Waals surface area contributed by atoms with Crippen LogP contribution in [0.2, 0.25) is 0 Å². The Morgan fingerprint density at radius 3 is 2.57 bits per heavy atom. The molecule has 0 aliphatic carbocycles. The molecule has 0 unspecified atom stereocenters. The van der Waals surface area contributed by atoms with E-state index >= 15 is 0 Å². The first-order chi connectivity index (χ1) is 9.61. The smallest absolute Gasteiger partial charge is 0.324 e. The third kappa shape index (κ3) is 3.64. The first-order valence-corrected chi connectivity index (χ1v) is 9.18. The second-order valence-electron chi connectivity index (χ2n) is 6.17. The van der Waals surface area contributed by atoms with Crippen molar-refractivity contribution in [2.24, 2.45) is 0 Å². The molecule has 0 spiro atoms. The van der Waals surface area contributed by atoms with Crippen LogP contribution in [0, 0.1) is 6.92 Å². The molecule has 7 heteroatoms. The second kappa shape index (κ2) is 5.70. The van der Waals surface area contributed by atoms with Crippen LogP contribution in [-0.4, -0.2) is 36.9 Å². The predicted molar refractivity (Wildman–Crippen MR) is 81.8 cm³/mol. The Morgan fingerprint density at radius 1 is 1.38 bits per heavy atom. The second-order valence-corrected chi connectivity index (χ2v) is 9.58. The van der Waals surface area contributed by atoms with Crippen LogP contribution in [0.4, 0.5) is 0 Å². The highest BCUT2D eigenvalue weighted by molar-refractivity contribution is 7.91. The summed E-state index contributed by atoms with van der Waals surface area (Å²) >= 11 is 1.23. The van der Waals surface area contributed by atoms with Gasteiger partial charge in [0.05, 0.1) is 0 Å². The molecule has 0 radical (unpaired) electrons. The lowest BCUT2D eigenvalue weighted by Gasteiger charge is -2.26. The number of esters is 1. The minimum atomic E-state index is -3.62. The van der Waals surface area contributed by atoms with Gasteiger partial charge < -0.3 is 4.74 Å². The van der Waals surface area contributed by atoms with E-state index in [4.69, 9.17) is 4.74 Å². The van der Waals surface area contributed by atoms with Gasteiger partial charge in [0, 0.05) is 11.4 Å². The van der Waals surface area contributed by atoms with Crippen molar-refractivity contribution in [3.8, 4) is 0 Å². The van der Waals surface area contributed by atoms with Gasteiger partial charge in [-0.2, -0.15) is 4.31 Å². The van der Waals surface area contributed by atoms with E-state index in [9.17, 15) is 13.2 Å². The van der Waals surface area contributed by atoms with Gasteiger partial charge in [0.2, 0.25) is 0 Å². The number of ether oxygens (including phenoxy) is 1. The van der Waals surface area contributed by atoms with Crippen LogP contribution in [-0.2, 0) is 19.6 Å². The Hall–Kier alpha value is -0.920. The predicted octanol–water partition coefficient (Wildman–Crippen LogP) is 2.55. The molecule has 1 fully saturated rings. The van der Waals surface area contributed by atoms with Crippen LogP contribution < -0.4 is 0 Å². The standard InChI is InChI=1S/C14H21NO4S2/c1-10-7-8-12(20-10)21(17,18)15-9-5-6-11(15)13(16)19-14(2,3)4/h7-8,11H,5-6,9H2,1-4H3/t11-/m0/s1. The molecule has 1 aromatic heterocycles. The lowest BCUT2D eigenvalue weighted by atomic mass is 10.2. The van der Waals surface area contributed by atoms with Crippen molar-refractivity contribution in [3.63, 3.8) is 0 Å². The van der Waals surface area contributed by atoms with E-state index in [2.05, 4.69) is 0 Å². The van der Waals surface area contributed by atoms with E-state index in [0.29, 0.717) is 19.4 Å². The zero-order valence-corrected chi connectivity index (χ0v) is 14.4. The number of aryl methyl sites for hydroxylation is 1. The van der Waals surface area contributed by atoms with Gasteiger partial charge in [-0.3, -0.25) is 4.79 Å². The number of carbonyl (C=O) groups excluding carboxylic acids is 1. The lowest BCUT2D eigenvalue weighted by molar-refractivity contribution is -0.158. The summed E-state index contributed by atoms with van der Waals surface area (Å²) in [5.74, 6) is -0.461. The van der Waals surface area contributed by atoms with Crippen molar-refractivity contribution in [2.75, 3.05) is 6.54 Å². The highest BCUT2D eigenvalue weighted by atomic mass is 32.2. The Bertz CT molecular complexity index is 628. The maximum atomic E-state index is 12.7. The van der Waals surface area contributed by atoms with E-state index in [-0.39, 0.29) is 4.21 Å². The molecule has 1 aromatic rings. The van der Waals surface area contributed by atoms with Crippen LogP contribution in [0.15, 0.2) is 16.3 Å². The minimum Gasteiger partial charge on any atom is -0.459 e. The summed E-state index contributed by atoms with van der Waals surface area (Å²) in [6, 6.07) is 2.66. The molecular formula is C14H21NO4S2. The van der Waals surface area contributed by atoms with Gasteiger partial charge in [0.1, 0.15) is 15.9 Å². The number of rotatable bonds is 3. The average Bonchev–Trinajstić information content (AvgIpc) is 2.94. The largest absolute Gasteiger partial charge is 0.459 e. The summed E-state index contributed by atoms with van der Waals surface area (Å²) in [5.41, 5.74) is -0.616. The lowest BCUT2D eigenvalue weighted by Crippen LogP contribution is -2.43. The Labute approximate surface area is 130 Å². The van der Waals surface area contributed by atoms with Gasteiger partial charge in [-0.25, -0.2) is 8.42 Å². The zero-order valence-electron chi connectivity index (χ0n) is 12.8. The van der Waals surface area contributed by atoms with Crippen molar-refractivity contribution in [1.82, 2.24) is 4.31 Å². The van der Waals surface area contributed by atoms with Crippen LogP contribution in [0.25, 0.3) is 0 Å². The van der Waals surface area contributed by atoms with Crippen molar-refractivity contribution < 1.29 is 17.9 Å². The fraction of sp³-hybridized carbons (Fsp3) is 0.643. The summed E-state index contributed by atoms with van der Waals surface area (Å²) < 4.78 is 32.2. The van der Waals surface area contributed by atoms with Crippen molar-refractivity contribution in [3.05, 3.63) is 17.0 Å². The minimum absolute atomic E-state index is 0.287. The monoisotopic (exact) mass is 331 g/mol. The van der Waals surface area contributed by atoms with E-state index in [1.165, 1.54) is 15.6 Å². The fourth-order valence-electron chi connectivity index (χ4n) is 2.30. The molecule has 5 nitrogen and oxygen atoms in total. The number of sulfonamides is 1. The summed E-state index contributed by atoms with van der Waals surface area (Å²) in [6.45, 7) is 7.56. The fourth-order valence-corrected chi connectivity index (χ4v) is 5.36. The number of thiophene rings is 1. The SMILES string of the molecule is Cc1ccc(S(=O)(=O)N2CCC[C@H]2C(=O)OC(C)(C)C)s1. The maximum Gasteiger partial charge on any atom is 0.324 e. The van der Waals surface area contributed by atoms with Crippen LogP contribution in [0.3, 0.4) is 0 Å². The molecule has 1 atom stereocenters. The van der Waals surface area contributed by atoms with Crippen LogP contribution in [0.1, 0.15) is 38.5 Å². The van der Waals surface area contributed by atoms with Crippen molar-refractivity contribution in [2.45, 2.75) is 56.4 Å². The average molecular weight is 331 g/mol. The zero-order chi connectivity index (χ0) is 15.8. The molecule has 0 bridgehead atoms.